The minimum absolute atomic E-state index is 0.116. The first kappa shape index (κ1) is 18.5. The Morgan fingerprint density at radius 1 is 1.04 bits per heavy atom. The van der Waals surface area contributed by atoms with Crippen molar-refractivity contribution < 1.29 is 9.21 Å². The number of thioether (sulfide) groups is 1. The molecule has 0 unspecified atom stereocenters. The van der Waals surface area contributed by atoms with Crippen molar-refractivity contribution in [3.05, 3.63) is 77.5 Å². The summed E-state index contributed by atoms with van der Waals surface area (Å²) in [6.45, 7) is 0. The quantitative estimate of drug-likeness (QED) is 0.414. The largest absolute Gasteiger partial charge is 0.461 e. The van der Waals surface area contributed by atoms with Gasteiger partial charge in [-0.15, -0.1) is 10.2 Å². The highest BCUT2D eigenvalue weighted by atomic mass is 79.9. The standard InChI is InChI=1S/C20H15BrN4O2S/c21-14-8-10-15(11-9-14)22-18(26)13-28-20-24-23-19(17-7-4-12-27-17)25(20)16-5-2-1-3-6-16/h1-12H,13H2,(H,22,26). The molecule has 28 heavy (non-hydrogen) atoms. The first-order chi connectivity index (χ1) is 13.7. The third-order valence-corrected chi connectivity index (χ3v) is 5.31. The van der Waals surface area contributed by atoms with Crippen molar-refractivity contribution in [2.45, 2.75) is 5.16 Å². The Balaban J connectivity index is 1.54. The van der Waals surface area contributed by atoms with E-state index in [1.807, 2.05) is 65.2 Å². The predicted octanol–water partition coefficient (Wildman–Crippen LogP) is 5.02. The molecule has 2 aromatic carbocycles. The predicted molar refractivity (Wildman–Crippen MR) is 113 cm³/mol. The molecule has 140 valence electrons. The van der Waals surface area contributed by atoms with Gasteiger partial charge < -0.3 is 9.73 Å². The van der Waals surface area contributed by atoms with Crippen LogP contribution in [0.5, 0.6) is 0 Å². The van der Waals surface area contributed by atoms with Crippen LogP contribution in [0.2, 0.25) is 0 Å². The molecule has 8 heteroatoms. The number of hydrogen-bond acceptors (Lipinski definition) is 5. The summed E-state index contributed by atoms with van der Waals surface area (Å²) in [5.41, 5.74) is 1.64. The van der Waals surface area contributed by atoms with Crippen LogP contribution < -0.4 is 5.32 Å². The molecule has 2 heterocycles. The third kappa shape index (κ3) is 4.18. The number of para-hydroxylation sites is 1. The van der Waals surface area contributed by atoms with Crippen molar-refractivity contribution in [3.63, 3.8) is 0 Å². The number of carbonyl (C=O) groups is 1. The fourth-order valence-electron chi connectivity index (χ4n) is 2.60. The van der Waals surface area contributed by atoms with Gasteiger partial charge in [0.15, 0.2) is 10.9 Å². The van der Waals surface area contributed by atoms with E-state index in [9.17, 15) is 4.79 Å². The van der Waals surface area contributed by atoms with Gasteiger partial charge in [0.2, 0.25) is 11.7 Å². The van der Waals surface area contributed by atoms with Gasteiger partial charge in [0.05, 0.1) is 12.0 Å². The van der Waals surface area contributed by atoms with Crippen LogP contribution in [0.1, 0.15) is 0 Å². The first-order valence-corrected chi connectivity index (χ1v) is 10.2. The lowest BCUT2D eigenvalue weighted by Gasteiger charge is -2.09. The second kappa shape index (κ2) is 8.45. The van der Waals surface area contributed by atoms with Crippen LogP contribution in [-0.2, 0) is 4.79 Å². The van der Waals surface area contributed by atoms with Crippen LogP contribution in [0, 0.1) is 0 Å². The zero-order valence-corrected chi connectivity index (χ0v) is 17.0. The summed E-state index contributed by atoms with van der Waals surface area (Å²) in [5.74, 6) is 1.29. The van der Waals surface area contributed by atoms with E-state index in [1.165, 1.54) is 11.8 Å². The molecule has 4 rings (SSSR count). The molecular weight excluding hydrogens is 440 g/mol. The molecule has 0 aliphatic rings. The van der Waals surface area contributed by atoms with Crippen molar-refractivity contribution >= 4 is 39.3 Å². The SMILES string of the molecule is O=C(CSc1nnc(-c2ccco2)n1-c1ccccc1)Nc1ccc(Br)cc1. The van der Waals surface area contributed by atoms with E-state index >= 15 is 0 Å². The molecule has 6 nitrogen and oxygen atoms in total. The van der Waals surface area contributed by atoms with E-state index in [2.05, 4.69) is 31.4 Å². The number of aromatic nitrogens is 3. The Bertz CT molecular complexity index is 1060. The average Bonchev–Trinajstić information content (AvgIpc) is 3.38. The summed E-state index contributed by atoms with van der Waals surface area (Å²) in [7, 11) is 0. The maximum absolute atomic E-state index is 12.3. The molecule has 0 radical (unpaired) electrons. The highest BCUT2D eigenvalue weighted by Crippen LogP contribution is 2.28. The van der Waals surface area contributed by atoms with Gasteiger partial charge in [0.1, 0.15) is 0 Å². The number of furan rings is 1. The zero-order chi connectivity index (χ0) is 19.3. The Morgan fingerprint density at radius 2 is 1.82 bits per heavy atom. The minimum atomic E-state index is -0.116. The van der Waals surface area contributed by atoms with Gasteiger partial charge in [0.25, 0.3) is 0 Å². The van der Waals surface area contributed by atoms with Gasteiger partial charge in [-0.25, -0.2) is 0 Å². The highest BCUT2D eigenvalue weighted by molar-refractivity contribution is 9.10. The van der Waals surface area contributed by atoms with Crippen LogP contribution in [0.15, 0.2) is 87.0 Å². The number of carbonyl (C=O) groups excluding carboxylic acids is 1. The molecule has 0 aliphatic carbocycles. The van der Waals surface area contributed by atoms with E-state index in [-0.39, 0.29) is 11.7 Å². The van der Waals surface area contributed by atoms with Crippen LogP contribution in [0.3, 0.4) is 0 Å². The first-order valence-electron chi connectivity index (χ1n) is 8.43. The average molecular weight is 455 g/mol. The van der Waals surface area contributed by atoms with Crippen molar-refractivity contribution in [2.24, 2.45) is 0 Å². The monoisotopic (exact) mass is 454 g/mol. The van der Waals surface area contributed by atoms with E-state index < -0.39 is 0 Å². The molecular formula is C20H15BrN4O2S. The lowest BCUT2D eigenvalue weighted by Crippen LogP contribution is -2.14. The second-order valence-corrected chi connectivity index (χ2v) is 7.66. The van der Waals surface area contributed by atoms with Gasteiger partial charge in [-0.1, -0.05) is 45.9 Å². The van der Waals surface area contributed by atoms with Crippen LogP contribution in [0.25, 0.3) is 17.3 Å². The summed E-state index contributed by atoms with van der Waals surface area (Å²) in [6, 6.07) is 20.8. The number of nitrogens with one attached hydrogen (secondary N) is 1. The highest BCUT2D eigenvalue weighted by Gasteiger charge is 2.18. The second-order valence-electron chi connectivity index (χ2n) is 5.80. The number of halogens is 1. The summed E-state index contributed by atoms with van der Waals surface area (Å²) >= 11 is 4.70. The van der Waals surface area contributed by atoms with Gasteiger partial charge >= 0.3 is 0 Å². The molecule has 0 saturated heterocycles. The maximum Gasteiger partial charge on any atom is 0.234 e. The fraction of sp³-hybridized carbons (Fsp3) is 0.0500. The van der Waals surface area contributed by atoms with Gasteiger partial charge in [0, 0.05) is 15.8 Å². The van der Waals surface area contributed by atoms with Crippen molar-refractivity contribution in [1.82, 2.24) is 14.8 Å². The fourth-order valence-corrected chi connectivity index (χ4v) is 3.62. The van der Waals surface area contributed by atoms with Gasteiger partial charge in [-0.3, -0.25) is 9.36 Å². The Hall–Kier alpha value is -2.84. The van der Waals surface area contributed by atoms with Crippen LogP contribution in [-0.4, -0.2) is 26.4 Å². The number of nitrogens with zero attached hydrogens (tertiary/aromatic N) is 3. The van der Waals surface area contributed by atoms with Gasteiger partial charge in [-0.2, -0.15) is 0 Å². The topological polar surface area (TPSA) is 73.0 Å². The van der Waals surface area contributed by atoms with Crippen molar-refractivity contribution in [2.75, 3.05) is 11.1 Å². The molecule has 0 fully saturated rings. The third-order valence-electron chi connectivity index (χ3n) is 3.85. The molecule has 2 aromatic heterocycles. The van der Waals surface area contributed by atoms with E-state index in [1.54, 1.807) is 12.3 Å². The molecule has 1 N–H and O–H groups in total. The normalized spacial score (nSPS) is 10.8. The van der Waals surface area contributed by atoms with Crippen LogP contribution in [0.4, 0.5) is 5.69 Å². The summed E-state index contributed by atoms with van der Waals surface area (Å²) < 4.78 is 8.34. The van der Waals surface area contributed by atoms with E-state index in [4.69, 9.17) is 4.42 Å². The number of anilines is 1. The number of hydrogen-bond donors (Lipinski definition) is 1. The molecule has 4 aromatic rings. The smallest absolute Gasteiger partial charge is 0.234 e. The summed E-state index contributed by atoms with van der Waals surface area (Å²) in [4.78, 5) is 12.3. The Labute approximate surface area is 174 Å². The summed E-state index contributed by atoms with van der Waals surface area (Å²) in [6.07, 6.45) is 1.60. The maximum atomic E-state index is 12.3. The van der Waals surface area contributed by atoms with Crippen molar-refractivity contribution in [3.8, 4) is 17.3 Å². The lowest BCUT2D eigenvalue weighted by molar-refractivity contribution is -0.113. The van der Waals surface area contributed by atoms with Gasteiger partial charge in [-0.05, 0) is 48.5 Å². The molecule has 0 atom stereocenters. The van der Waals surface area contributed by atoms with Crippen LogP contribution >= 0.6 is 27.7 Å². The number of rotatable bonds is 6. The molecule has 0 aliphatic heterocycles. The number of benzene rings is 2. The molecule has 1 amide bonds. The molecule has 0 saturated carbocycles. The Kier molecular flexibility index (Phi) is 5.59. The van der Waals surface area contributed by atoms with E-state index in [0.717, 1.165) is 15.8 Å². The minimum Gasteiger partial charge on any atom is -0.461 e. The summed E-state index contributed by atoms with van der Waals surface area (Å²) in [5, 5.41) is 12.0. The number of amides is 1. The zero-order valence-electron chi connectivity index (χ0n) is 14.6. The van der Waals surface area contributed by atoms with E-state index in [0.29, 0.717) is 16.7 Å². The molecule has 0 bridgehead atoms. The van der Waals surface area contributed by atoms with Crippen molar-refractivity contribution in [1.29, 1.82) is 0 Å². The lowest BCUT2D eigenvalue weighted by atomic mass is 10.3. The Morgan fingerprint density at radius 3 is 2.54 bits per heavy atom. The molecule has 0 spiro atoms.